The van der Waals surface area contributed by atoms with Gasteiger partial charge in [0.25, 0.3) is 0 Å². The Labute approximate surface area is 129 Å². The van der Waals surface area contributed by atoms with Crippen LogP contribution in [0.25, 0.3) is 0 Å². The molecule has 1 aliphatic carbocycles. The number of piperazine rings is 1. The quantitative estimate of drug-likeness (QED) is 0.900. The zero-order valence-electron chi connectivity index (χ0n) is 13.4. The highest BCUT2D eigenvalue weighted by molar-refractivity contribution is 5.20. The Morgan fingerprint density at radius 3 is 2.57 bits per heavy atom. The summed E-state index contributed by atoms with van der Waals surface area (Å²) in [6.45, 7) is 5.98. The highest BCUT2D eigenvalue weighted by Crippen LogP contribution is 2.28. The number of hydrogen-bond donors (Lipinski definition) is 1. The minimum absolute atomic E-state index is 0.512. The van der Waals surface area contributed by atoms with E-state index in [1.165, 1.54) is 57.2 Å². The van der Waals surface area contributed by atoms with Gasteiger partial charge in [-0.3, -0.25) is 4.90 Å². The van der Waals surface area contributed by atoms with Gasteiger partial charge in [0.2, 0.25) is 0 Å². The van der Waals surface area contributed by atoms with Crippen LogP contribution in [0.1, 0.15) is 57.1 Å². The van der Waals surface area contributed by atoms with Crippen molar-refractivity contribution in [2.24, 2.45) is 5.92 Å². The van der Waals surface area contributed by atoms with E-state index >= 15 is 0 Å². The summed E-state index contributed by atoms with van der Waals surface area (Å²) in [5, 5.41) is 3.76. The average molecular weight is 286 g/mol. The van der Waals surface area contributed by atoms with Crippen LogP contribution in [0.15, 0.2) is 30.3 Å². The van der Waals surface area contributed by atoms with Crippen LogP contribution < -0.4 is 5.32 Å². The van der Waals surface area contributed by atoms with Crippen LogP contribution in [0.4, 0.5) is 0 Å². The zero-order chi connectivity index (χ0) is 14.5. The molecule has 2 fully saturated rings. The molecule has 0 spiro atoms. The number of hydrogen-bond acceptors (Lipinski definition) is 2. The van der Waals surface area contributed by atoms with Crippen molar-refractivity contribution in [2.45, 2.75) is 57.5 Å². The van der Waals surface area contributed by atoms with E-state index in [-0.39, 0.29) is 0 Å². The van der Waals surface area contributed by atoms with E-state index < -0.39 is 0 Å². The molecule has 2 heteroatoms. The monoisotopic (exact) mass is 286 g/mol. The van der Waals surface area contributed by atoms with Crippen LogP contribution in [0.2, 0.25) is 0 Å². The second kappa shape index (κ2) is 7.42. The third kappa shape index (κ3) is 3.87. The Morgan fingerprint density at radius 2 is 1.86 bits per heavy atom. The van der Waals surface area contributed by atoms with Gasteiger partial charge in [-0.15, -0.1) is 0 Å². The van der Waals surface area contributed by atoms with Crippen molar-refractivity contribution in [2.75, 3.05) is 19.6 Å². The maximum absolute atomic E-state index is 3.76. The van der Waals surface area contributed by atoms with Crippen LogP contribution in [0, 0.1) is 5.92 Å². The predicted molar refractivity (Wildman–Crippen MR) is 89.4 cm³/mol. The van der Waals surface area contributed by atoms with Gasteiger partial charge in [0, 0.05) is 31.7 Å². The Balaban J connectivity index is 1.64. The number of rotatable bonds is 4. The van der Waals surface area contributed by atoms with Crippen LogP contribution in [-0.4, -0.2) is 30.6 Å². The maximum Gasteiger partial charge on any atom is 0.0449 e. The molecule has 0 aromatic heterocycles. The molecule has 1 aromatic rings. The van der Waals surface area contributed by atoms with Gasteiger partial charge < -0.3 is 5.32 Å². The predicted octanol–water partition coefficient (Wildman–Crippen LogP) is 3.99. The first kappa shape index (κ1) is 15.1. The lowest BCUT2D eigenvalue weighted by Gasteiger charge is -2.42. The summed E-state index contributed by atoms with van der Waals surface area (Å²) in [4.78, 5) is 2.78. The van der Waals surface area contributed by atoms with Gasteiger partial charge >= 0.3 is 0 Å². The summed E-state index contributed by atoms with van der Waals surface area (Å²) < 4.78 is 0. The molecule has 3 rings (SSSR count). The van der Waals surface area contributed by atoms with Gasteiger partial charge in [-0.25, -0.2) is 0 Å². The zero-order valence-corrected chi connectivity index (χ0v) is 13.4. The van der Waals surface area contributed by atoms with Gasteiger partial charge in [0.05, 0.1) is 0 Å². The summed E-state index contributed by atoms with van der Waals surface area (Å²) in [7, 11) is 0. The van der Waals surface area contributed by atoms with Crippen molar-refractivity contribution in [3.63, 3.8) is 0 Å². The standard InChI is InChI=1S/C19H30N2/c1-2-18-13-20-19(17-11-7-4-8-12-17)15-21(18)14-16-9-5-3-6-10-16/h4,7-8,11-12,16,18-20H,2-3,5-6,9-10,13-15H2,1H3. The molecule has 1 aliphatic heterocycles. The first-order valence-corrected chi connectivity index (χ1v) is 8.89. The minimum atomic E-state index is 0.512. The van der Waals surface area contributed by atoms with Crippen molar-refractivity contribution >= 4 is 0 Å². The van der Waals surface area contributed by atoms with Crippen LogP contribution in [-0.2, 0) is 0 Å². The van der Waals surface area contributed by atoms with Gasteiger partial charge in [-0.2, -0.15) is 0 Å². The van der Waals surface area contributed by atoms with Crippen LogP contribution >= 0.6 is 0 Å². The van der Waals surface area contributed by atoms with E-state index in [0.717, 1.165) is 18.5 Å². The molecule has 2 unspecified atom stereocenters. The molecule has 1 saturated carbocycles. The second-order valence-corrected chi connectivity index (χ2v) is 6.89. The fraction of sp³-hybridized carbons (Fsp3) is 0.684. The lowest BCUT2D eigenvalue weighted by atomic mass is 9.88. The lowest BCUT2D eigenvalue weighted by Crippen LogP contribution is -2.53. The molecule has 116 valence electrons. The molecule has 1 N–H and O–H groups in total. The normalized spacial score (nSPS) is 28.6. The molecule has 0 bridgehead atoms. The Bertz CT molecular complexity index is 411. The molecule has 1 aromatic carbocycles. The molecule has 0 radical (unpaired) electrons. The summed E-state index contributed by atoms with van der Waals surface area (Å²) in [6.07, 6.45) is 8.54. The van der Waals surface area contributed by atoms with Crippen molar-refractivity contribution in [1.29, 1.82) is 0 Å². The molecule has 1 heterocycles. The van der Waals surface area contributed by atoms with Crippen molar-refractivity contribution in [3.05, 3.63) is 35.9 Å². The summed E-state index contributed by atoms with van der Waals surface area (Å²) in [5.41, 5.74) is 1.45. The highest BCUT2D eigenvalue weighted by Gasteiger charge is 2.29. The van der Waals surface area contributed by atoms with Gasteiger partial charge in [0.1, 0.15) is 0 Å². The maximum atomic E-state index is 3.76. The molecule has 1 saturated heterocycles. The summed E-state index contributed by atoms with van der Waals surface area (Å²) >= 11 is 0. The van der Waals surface area contributed by atoms with E-state index in [1.807, 2.05) is 0 Å². The molecular formula is C19H30N2. The highest BCUT2D eigenvalue weighted by atomic mass is 15.2. The van der Waals surface area contributed by atoms with Gasteiger partial charge in [0.15, 0.2) is 0 Å². The second-order valence-electron chi connectivity index (χ2n) is 6.89. The third-order valence-electron chi connectivity index (χ3n) is 5.42. The third-order valence-corrected chi connectivity index (χ3v) is 5.42. The largest absolute Gasteiger partial charge is 0.307 e. The van der Waals surface area contributed by atoms with Gasteiger partial charge in [-0.1, -0.05) is 56.5 Å². The molecule has 0 amide bonds. The molecule has 2 nitrogen and oxygen atoms in total. The van der Waals surface area contributed by atoms with E-state index in [2.05, 4.69) is 47.5 Å². The number of benzene rings is 1. The average Bonchev–Trinajstić information content (AvgIpc) is 2.56. The van der Waals surface area contributed by atoms with Crippen molar-refractivity contribution < 1.29 is 0 Å². The number of nitrogens with zero attached hydrogens (tertiary/aromatic N) is 1. The fourth-order valence-corrected chi connectivity index (χ4v) is 4.09. The van der Waals surface area contributed by atoms with Crippen molar-refractivity contribution in [1.82, 2.24) is 10.2 Å². The topological polar surface area (TPSA) is 15.3 Å². The number of nitrogens with one attached hydrogen (secondary N) is 1. The lowest BCUT2D eigenvalue weighted by molar-refractivity contribution is 0.0968. The molecule has 2 aliphatic rings. The Kier molecular flexibility index (Phi) is 5.32. The molecule has 2 atom stereocenters. The van der Waals surface area contributed by atoms with E-state index in [1.54, 1.807) is 0 Å². The summed E-state index contributed by atoms with van der Waals surface area (Å²) in [6, 6.07) is 12.2. The van der Waals surface area contributed by atoms with E-state index in [4.69, 9.17) is 0 Å². The Hall–Kier alpha value is -0.860. The Morgan fingerprint density at radius 1 is 1.10 bits per heavy atom. The first-order chi connectivity index (χ1) is 10.4. The molecular weight excluding hydrogens is 256 g/mol. The minimum Gasteiger partial charge on any atom is -0.307 e. The SMILES string of the molecule is CCC1CNC(c2ccccc2)CN1CC1CCCCC1. The summed E-state index contributed by atoms with van der Waals surface area (Å²) in [5.74, 6) is 0.947. The van der Waals surface area contributed by atoms with Gasteiger partial charge in [-0.05, 0) is 30.7 Å². The molecule has 21 heavy (non-hydrogen) atoms. The van der Waals surface area contributed by atoms with E-state index in [0.29, 0.717) is 6.04 Å². The fourth-order valence-electron chi connectivity index (χ4n) is 4.09. The van der Waals surface area contributed by atoms with E-state index in [9.17, 15) is 0 Å². The van der Waals surface area contributed by atoms with Crippen LogP contribution in [0.5, 0.6) is 0 Å². The van der Waals surface area contributed by atoms with Crippen LogP contribution in [0.3, 0.4) is 0 Å². The smallest absolute Gasteiger partial charge is 0.0449 e. The first-order valence-electron chi connectivity index (χ1n) is 8.89. The van der Waals surface area contributed by atoms with Crippen molar-refractivity contribution in [3.8, 4) is 0 Å².